The lowest BCUT2D eigenvalue weighted by atomic mass is 9.96. The fraction of sp³-hybridized carbons (Fsp3) is 0.222. The Bertz CT molecular complexity index is 747. The van der Waals surface area contributed by atoms with E-state index >= 15 is 0 Å². The minimum absolute atomic E-state index is 0.228. The van der Waals surface area contributed by atoms with Crippen molar-refractivity contribution in [1.29, 1.82) is 0 Å². The fourth-order valence-corrected chi connectivity index (χ4v) is 2.94. The second-order valence-corrected chi connectivity index (χ2v) is 7.02. The molecule has 0 spiro atoms. The largest absolute Gasteiger partial charge is 0.343 e. The van der Waals surface area contributed by atoms with Crippen molar-refractivity contribution in [2.24, 2.45) is 0 Å². The number of nitrogens with one attached hydrogen (secondary N) is 3. The van der Waals surface area contributed by atoms with Crippen molar-refractivity contribution < 1.29 is 9.59 Å². The van der Waals surface area contributed by atoms with Gasteiger partial charge in [-0.15, -0.1) is 0 Å². The molecular weight excluding hydrogens is 361 g/mol. The third kappa shape index (κ3) is 3.89. The molecule has 1 heterocycles. The van der Waals surface area contributed by atoms with Gasteiger partial charge in [0.15, 0.2) is 0 Å². The Labute approximate surface area is 155 Å². The van der Waals surface area contributed by atoms with Gasteiger partial charge in [-0.3, -0.25) is 4.79 Å². The summed E-state index contributed by atoms with van der Waals surface area (Å²) in [5.41, 5.74) is 0.746. The first kappa shape index (κ1) is 17.6. The summed E-state index contributed by atoms with van der Waals surface area (Å²) in [6, 6.07) is 13.8. The quantitative estimate of drug-likeness (QED) is 0.764. The lowest BCUT2D eigenvalue weighted by Gasteiger charge is -2.27. The smallest absolute Gasteiger partial charge is 0.315 e. The first-order chi connectivity index (χ1) is 11.9. The van der Waals surface area contributed by atoms with E-state index < -0.39 is 11.6 Å². The topological polar surface area (TPSA) is 70.2 Å². The summed E-state index contributed by atoms with van der Waals surface area (Å²) in [5.74, 6) is -0.277. The molecule has 0 aliphatic carbocycles. The van der Waals surface area contributed by atoms with Crippen molar-refractivity contribution in [2.45, 2.75) is 18.5 Å². The van der Waals surface area contributed by atoms with Crippen LogP contribution < -0.4 is 16.0 Å². The maximum Gasteiger partial charge on any atom is 0.315 e. The van der Waals surface area contributed by atoms with Gasteiger partial charge >= 0.3 is 6.03 Å². The summed E-state index contributed by atoms with van der Waals surface area (Å²) in [4.78, 5) is 24.2. The maximum atomic E-state index is 12.8. The van der Waals surface area contributed by atoms with Crippen molar-refractivity contribution in [3.8, 4) is 0 Å². The Morgan fingerprint density at radius 3 is 1.92 bits per heavy atom. The van der Waals surface area contributed by atoms with E-state index in [1.807, 2.05) is 24.3 Å². The zero-order chi connectivity index (χ0) is 18.0. The molecule has 0 aromatic heterocycles. The van der Waals surface area contributed by atoms with Crippen LogP contribution in [0.1, 0.15) is 24.1 Å². The van der Waals surface area contributed by atoms with Crippen LogP contribution in [-0.2, 0) is 4.79 Å². The van der Waals surface area contributed by atoms with Gasteiger partial charge in [0.25, 0.3) is 0 Å². The average Bonchev–Trinajstić information content (AvgIpc) is 2.95. The standard InChI is InChI=1S/C18H17Cl2N3O2/c1-18(10-21-17(25)23-18)16(24)22-15(11-2-6-13(19)7-3-11)12-4-8-14(20)9-5-12/h2-9,15H,10H2,1H3,(H,22,24)(H2,21,23,25)/t18-/m1/s1. The minimum atomic E-state index is -1.01. The van der Waals surface area contributed by atoms with Gasteiger partial charge in [0.1, 0.15) is 5.54 Å². The Kier molecular flexibility index (Phi) is 4.88. The Morgan fingerprint density at radius 2 is 1.52 bits per heavy atom. The number of amides is 3. The van der Waals surface area contributed by atoms with E-state index in [4.69, 9.17) is 23.2 Å². The summed E-state index contributed by atoms with van der Waals surface area (Å²) in [5, 5.41) is 9.51. The number of hydrogen-bond acceptors (Lipinski definition) is 2. The van der Waals surface area contributed by atoms with Crippen molar-refractivity contribution in [2.75, 3.05) is 6.54 Å². The number of urea groups is 1. The van der Waals surface area contributed by atoms with E-state index in [0.717, 1.165) is 11.1 Å². The van der Waals surface area contributed by atoms with Crippen LogP contribution in [0.3, 0.4) is 0 Å². The molecular formula is C18H17Cl2N3O2. The van der Waals surface area contributed by atoms with Crippen molar-refractivity contribution in [1.82, 2.24) is 16.0 Å². The molecule has 0 bridgehead atoms. The van der Waals surface area contributed by atoms with Crippen LogP contribution in [0.4, 0.5) is 4.79 Å². The summed E-state index contributed by atoms with van der Waals surface area (Å²) in [7, 11) is 0. The molecule has 1 atom stereocenters. The van der Waals surface area contributed by atoms with E-state index in [1.165, 1.54) is 0 Å². The molecule has 0 unspecified atom stereocenters. The highest BCUT2D eigenvalue weighted by molar-refractivity contribution is 6.30. The van der Waals surface area contributed by atoms with Crippen LogP contribution in [0.2, 0.25) is 10.0 Å². The first-order valence-electron chi connectivity index (χ1n) is 7.75. The Morgan fingerprint density at radius 1 is 1.04 bits per heavy atom. The molecule has 3 N–H and O–H groups in total. The van der Waals surface area contributed by atoms with Crippen LogP contribution in [0.5, 0.6) is 0 Å². The molecule has 0 radical (unpaired) electrons. The van der Waals surface area contributed by atoms with E-state index in [1.54, 1.807) is 31.2 Å². The number of benzene rings is 2. The van der Waals surface area contributed by atoms with Crippen LogP contribution >= 0.6 is 23.2 Å². The summed E-state index contributed by atoms with van der Waals surface area (Å²) < 4.78 is 0. The number of halogens is 2. The highest BCUT2D eigenvalue weighted by Gasteiger charge is 2.41. The average molecular weight is 378 g/mol. The molecule has 130 valence electrons. The third-order valence-electron chi connectivity index (χ3n) is 4.18. The van der Waals surface area contributed by atoms with Gasteiger partial charge in [-0.1, -0.05) is 47.5 Å². The fourth-order valence-electron chi connectivity index (χ4n) is 2.69. The molecule has 1 aliphatic heterocycles. The number of carbonyl (C=O) groups is 2. The molecule has 25 heavy (non-hydrogen) atoms. The monoisotopic (exact) mass is 377 g/mol. The van der Waals surface area contributed by atoms with Crippen LogP contribution in [-0.4, -0.2) is 24.0 Å². The predicted molar refractivity (Wildman–Crippen MR) is 97.8 cm³/mol. The molecule has 3 rings (SSSR count). The summed E-state index contributed by atoms with van der Waals surface area (Å²) in [6.07, 6.45) is 0. The van der Waals surface area contributed by atoms with Gasteiger partial charge in [0.2, 0.25) is 5.91 Å². The molecule has 1 aliphatic rings. The first-order valence-corrected chi connectivity index (χ1v) is 8.51. The number of rotatable bonds is 4. The molecule has 0 saturated carbocycles. The van der Waals surface area contributed by atoms with Crippen LogP contribution in [0.25, 0.3) is 0 Å². The van der Waals surface area contributed by atoms with Crippen molar-refractivity contribution in [3.63, 3.8) is 0 Å². The summed E-state index contributed by atoms with van der Waals surface area (Å²) >= 11 is 11.9. The van der Waals surface area contributed by atoms with E-state index in [9.17, 15) is 9.59 Å². The molecule has 3 amide bonds. The molecule has 7 heteroatoms. The normalized spacial score (nSPS) is 19.4. The van der Waals surface area contributed by atoms with Gasteiger partial charge in [-0.25, -0.2) is 4.79 Å². The Hall–Kier alpha value is -2.24. The molecule has 1 saturated heterocycles. The van der Waals surface area contributed by atoms with Gasteiger partial charge in [0, 0.05) is 10.0 Å². The van der Waals surface area contributed by atoms with Crippen LogP contribution in [0.15, 0.2) is 48.5 Å². The lowest BCUT2D eigenvalue weighted by Crippen LogP contribution is -2.54. The highest BCUT2D eigenvalue weighted by Crippen LogP contribution is 2.26. The van der Waals surface area contributed by atoms with Crippen molar-refractivity contribution in [3.05, 3.63) is 69.7 Å². The zero-order valence-corrected chi connectivity index (χ0v) is 15.0. The SMILES string of the molecule is C[C@]1(C(=O)NC(c2ccc(Cl)cc2)c2ccc(Cl)cc2)CNC(=O)N1. The molecule has 2 aromatic rings. The third-order valence-corrected chi connectivity index (χ3v) is 4.68. The zero-order valence-electron chi connectivity index (χ0n) is 13.5. The van der Waals surface area contributed by atoms with Gasteiger partial charge < -0.3 is 16.0 Å². The van der Waals surface area contributed by atoms with Gasteiger partial charge in [0.05, 0.1) is 12.6 Å². The molecule has 2 aromatic carbocycles. The number of carbonyl (C=O) groups excluding carboxylic acids is 2. The minimum Gasteiger partial charge on any atom is -0.343 e. The molecule has 5 nitrogen and oxygen atoms in total. The highest BCUT2D eigenvalue weighted by atomic mass is 35.5. The van der Waals surface area contributed by atoms with E-state index in [-0.39, 0.29) is 18.5 Å². The maximum absolute atomic E-state index is 12.8. The van der Waals surface area contributed by atoms with E-state index in [0.29, 0.717) is 10.0 Å². The van der Waals surface area contributed by atoms with Crippen LogP contribution in [0, 0.1) is 0 Å². The predicted octanol–water partition coefficient (Wildman–Crippen LogP) is 3.27. The molecule has 1 fully saturated rings. The number of hydrogen-bond donors (Lipinski definition) is 3. The van der Waals surface area contributed by atoms with Gasteiger partial charge in [-0.2, -0.15) is 0 Å². The summed E-state index contributed by atoms with van der Waals surface area (Å²) in [6.45, 7) is 1.91. The second-order valence-electron chi connectivity index (χ2n) is 6.15. The van der Waals surface area contributed by atoms with Crippen molar-refractivity contribution >= 4 is 35.1 Å². The lowest BCUT2D eigenvalue weighted by molar-refractivity contribution is -0.126. The second kappa shape index (κ2) is 6.94. The Balaban J connectivity index is 1.91. The van der Waals surface area contributed by atoms with Gasteiger partial charge in [-0.05, 0) is 42.3 Å². The van der Waals surface area contributed by atoms with E-state index in [2.05, 4.69) is 16.0 Å².